The van der Waals surface area contributed by atoms with E-state index in [1.165, 1.54) is 0 Å². The lowest BCUT2D eigenvalue weighted by Crippen LogP contribution is -2.38. The van der Waals surface area contributed by atoms with Crippen molar-refractivity contribution >= 4 is 35.6 Å². The van der Waals surface area contributed by atoms with Crippen LogP contribution in [0.2, 0.25) is 0 Å². The minimum Gasteiger partial charge on any atom is -0.478 e. The van der Waals surface area contributed by atoms with E-state index in [0.29, 0.717) is 22.5 Å². The number of aromatic nitrogens is 1. The number of amides is 4. The number of carbonyl (C=O) groups excluding carboxylic acids is 3. The van der Waals surface area contributed by atoms with Crippen LogP contribution in [0.5, 0.6) is 0 Å². The van der Waals surface area contributed by atoms with Crippen LogP contribution < -0.4 is 10.6 Å². The Morgan fingerprint density at radius 2 is 1.72 bits per heavy atom. The predicted molar refractivity (Wildman–Crippen MR) is 135 cm³/mol. The van der Waals surface area contributed by atoms with Gasteiger partial charge in [-0.2, -0.15) is 0 Å². The summed E-state index contributed by atoms with van der Waals surface area (Å²) < 4.78 is 1.90. The Labute approximate surface area is 208 Å². The van der Waals surface area contributed by atoms with Gasteiger partial charge in [-0.1, -0.05) is 23.8 Å². The highest BCUT2D eigenvalue weighted by atomic mass is 16.4. The number of benzene rings is 2. The van der Waals surface area contributed by atoms with Crippen molar-refractivity contribution < 1.29 is 24.3 Å². The van der Waals surface area contributed by atoms with Gasteiger partial charge in [0.15, 0.2) is 0 Å². The number of nitrogens with zero attached hydrogens (tertiary/aromatic N) is 2. The van der Waals surface area contributed by atoms with Crippen LogP contribution in [0.15, 0.2) is 54.2 Å². The average molecular weight is 487 g/mol. The molecule has 0 aliphatic carbocycles. The van der Waals surface area contributed by atoms with Crippen molar-refractivity contribution in [2.24, 2.45) is 0 Å². The molecular formula is C27H26N4O5. The second-order valence-corrected chi connectivity index (χ2v) is 8.71. The summed E-state index contributed by atoms with van der Waals surface area (Å²) in [4.78, 5) is 50.2. The molecule has 184 valence electrons. The van der Waals surface area contributed by atoms with Gasteiger partial charge in [0.1, 0.15) is 12.2 Å². The number of carboxylic acids is 1. The van der Waals surface area contributed by atoms with Gasteiger partial charge in [-0.25, -0.2) is 14.5 Å². The molecular weight excluding hydrogens is 460 g/mol. The van der Waals surface area contributed by atoms with Gasteiger partial charge < -0.3 is 20.3 Å². The van der Waals surface area contributed by atoms with E-state index in [1.807, 2.05) is 49.6 Å². The second-order valence-electron chi connectivity index (χ2n) is 8.71. The van der Waals surface area contributed by atoms with Crippen molar-refractivity contribution in [1.29, 1.82) is 0 Å². The third kappa shape index (κ3) is 4.63. The standard InChI is InChI=1S/C27H26N4O5/c1-15-8-10-20(11-9-15)28-24(32)14-30-25(33)22(29-27(30)36)13-19-12-16(2)31(18(19)4)23-7-5-6-21(17(23)3)26(34)35/h5-13H,14H2,1-4H3,(H,28,32)(H,29,36)(H,34,35). The number of aromatic carboxylic acids is 1. The van der Waals surface area contributed by atoms with Gasteiger partial charge in [0.25, 0.3) is 5.91 Å². The molecule has 1 aromatic heterocycles. The molecule has 0 atom stereocenters. The van der Waals surface area contributed by atoms with Crippen molar-refractivity contribution in [1.82, 2.24) is 14.8 Å². The highest BCUT2D eigenvalue weighted by Crippen LogP contribution is 2.27. The lowest BCUT2D eigenvalue weighted by atomic mass is 10.1. The van der Waals surface area contributed by atoms with Crippen molar-refractivity contribution in [2.45, 2.75) is 27.7 Å². The highest BCUT2D eigenvalue weighted by Gasteiger charge is 2.35. The first kappa shape index (κ1) is 24.5. The Hall–Kier alpha value is -4.66. The third-order valence-corrected chi connectivity index (χ3v) is 6.15. The smallest absolute Gasteiger partial charge is 0.336 e. The molecule has 0 radical (unpaired) electrons. The zero-order valence-corrected chi connectivity index (χ0v) is 20.4. The first-order valence-corrected chi connectivity index (χ1v) is 11.3. The molecule has 9 heteroatoms. The molecule has 9 nitrogen and oxygen atoms in total. The molecule has 1 aliphatic rings. The topological polar surface area (TPSA) is 121 Å². The third-order valence-electron chi connectivity index (χ3n) is 6.15. The number of imide groups is 1. The van der Waals surface area contributed by atoms with Crippen LogP contribution in [-0.4, -0.2) is 44.9 Å². The van der Waals surface area contributed by atoms with E-state index < -0.39 is 30.4 Å². The van der Waals surface area contributed by atoms with E-state index in [4.69, 9.17) is 0 Å². The number of rotatable bonds is 6. The fourth-order valence-corrected chi connectivity index (χ4v) is 4.25. The largest absolute Gasteiger partial charge is 0.478 e. The summed E-state index contributed by atoms with van der Waals surface area (Å²) in [5.74, 6) is -2.10. The lowest BCUT2D eigenvalue weighted by molar-refractivity contribution is -0.127. The van der Waals surface area contributed by atoms with Crippen LogP contribution >= 0.6 is 0 Å². The first-order chi connectivity index (χ1) is 17.1. The molecule has 2 aromatic carbocycles. The molecule has 0 bridgehead atoms. The first-order valence-electron chi connectivity index (χ1n) is 11.3. The molecule has 1 fully saturated rings. The van der Waals surface area contributed by atoms with Gasteiger partial charge in [0.05, 0.1) is 5.56 Å². The summed E-state index contributed by atoms with van der Waals surface area (Å²) in [6.45, 7) is 6.98. The Morgan fingerprint density at radius 1 is 1.03 bits per heavy atom. The predicted octanol–water partition coefficient (Wildman–Crippen LogP) is 3.94. The van der Waals surface area contributed by atoms with Gasteiger partial charge in [-0.3, -0.25) is 9.59 Å². The minimum atomic E-state index is -1.01. The summed E-state index contributed by atoms with van der Waals surface area (Å²) in [7, 11) is 0. The summed E-state index contributed by atoms with van der Waals surface area (Å²) >= 11 is 0. The maximum Gasteiger partial charge on any atom is 0.336 e. The molecule has 3 N–H and O–H groups in total. The number of nitrogens with one attached hydrogen (secondary N) is 2. The molecule has 1 aliphatic heterocycles. The Balaban J connectivity index is 1.57. The van der Waals surface area contributed by atoms with E-state index >= 15 is 0 Å². The molecule has 4 amide bonds. The molecule has 0 saturated carbocycles. The van der Waals surface area contributed by atoms with Crippen LogP contribution in [0.3, 0.4) is 0 Å². The van der Waals surface area contributed by atoms with E-state index in [1.54, 1.807) is 37.3 Å². The van der Waals surface area contributed by atoms with Crippen molar-refractivity contribution in [3.8, 4) is 5.69 Å². The van der Waals surface area contributed by atoms with E-state index in [2.05, 4.69) is 10.6 Å². The zero-order valence-electron chi connectivity index (χ0n) is 20.4. The van der Waals surface area contributed by atoms with Crippen LogP contribution in [0.4, 0.5) is 10.5 Å². The molecule has 0 unspecified atom stereocenters. The van der Waals surface area contributed by atoms with Gasteiger partial charge >= 0.3 is 12.0 Å². The highest BCUT2D eigenvalue weighted by molar-refractivity contribution is 6.16. The fourth-order valence-electron chi connectivity index (χ4n) is 4.25. The number of carboxylic acid groups (broad SMARTS) is 1. The average Bonchev–Trinajstić information content (AvgIpc) is 3.24. The van der Waals surface area contributed by atoms with Gasteiger partial charge in [-0.15, -0.1) is 0 Å². The van der Waals surface area contributed by atoms with Gasteiger partial charge in [0, 0.05) is 22.8 Å². The maximum absolute atomic E-state index is 12.9. The monoisotopic (exact) mass is 486 g/mol. The number of urea groups is 1. The van der Waals surface area contributed by atoms with Crippen LogP contribution in [0.25, 0.3) is 11.8 Å². The molecule has 2 heterocycles. The fraction of sp³-hybridized carbons (Fsp3) is 0.185. The van der Waals surface area contributed by atoms with Crippen molar-refractivity contribution in [3.63, 3.8) is 0 Å². The molecule has 1 saturated heterocycles. The van der Waals surface area contributed by atoms with E-state index in [-0.39, 0.29) is 11.3 Å². The SMILES string of the molecule is Cc1ccc(NC(=O)CN2C(=O)NC(=Cc3cc(C)n(-c4cccc(C(=O)O)c4C)c3C)C2=O)cc1. The van der Waals surface area contributed by atoms with E-state index in [9.17, 15) is 24.3 Å². The number of aryl methyl sites for hydroxylation is 2. The van der Waals surface area contributed by atoms with Crippen LogP contribution in [-0.2, 0) is 9.59 Å². The second kappa shape index (κ2) is 9.53. The quantitative estimate of drug-likeness (QED) is 0.360. The van der Waals surface area contributed by atoms with Gasteiger partial charge in [0.2, 0.25) is 5.91 Å². The summed E-state index contributed by atoms with van der Waals surface area (Å²) in [5, 5.41) is 14.7. The minimum absolute atomic E-state index is 0.0550. The molecule has 4 rings (SSSR count). The normalized spacial score (nSPS) is 14.3. The zero-order chi connectivity index (χ0) is 26.1. The Kier molecular flexibility index (Phi) is 6.48. The lowest BCUT2D eigenvalue weighted by Gasteiger charge is -2.14. The summed E-state index contributed by atoms with van der Waals surface area (Å²) in [6, 6.07) is 13.4. The van der Waals surface area contributed by atoms with Crippen molar-refractivity contribution in [3.05, 3.63) is 87.9 Å². The van der Waals surface area contributed by atoms with Crippen LogP contribution in [0, 0.1) is 27.7 Å². The number of hydrogen-bond donors (Lipinski definition) is 3. The molecule has 0 spiro atoms. The van der Waals surface area contributed by atoms with E-state index in [0.717, 1.165) is 21.9 Å². The molecule has 3 aromatic rings. The van der Waals surface area contributed by atoms with Gasteiger partial charge in [-0.05, 0) is 75.2 Å². The Morgan fingerprint density at radius 3 is 2.39 bits per heavy atom. The summed E-state index contributed by atoms with van der Waals surface area (Å²) in [6.07, 6.45) is 1.56. The number of hydrogen-bond acceptors (Lipinski definition) is 4. The Bertz CT molecular complexity index is 1430. The van der Waals surface area contributed by atoms with Crippen LogP contribution in [0.1, 0.15) is 38.4 Å². The maximum atomic E-state index is 12.9. The summed E-state index contributed by atoms with van der Waals surface area (Å²) in [5.41, 5.74) is 5.48. The van der Waals surface area contributed by atoms with Crippen molar-refractivity contribution in [2.75, 3.05) is 11.9 Å². The number of anilines is 1. The molecule has 36 heavy (non-hydrogen) atoms. The number of carbonyl (C=O) groups is 4.